The van der Waals surface area contributed by atoms with E-state index in [-0.39, 0.29) is 62.0 Å². The Morgan fingerprint density at radius 3 is 1.25 bits per heavy atom. The van der Waals surface area contributed by atoms with Gasteiger partial charge >= 0.3 is 26.2 Å². The van der Waals surface area contributed by atoms with E-state index in [1.807, 2.05) is 0 Å². The zero-order chi connectivity index (χ0) is 20.8. The van der Waals surface area contributed by atoms with Crippen LogP contribution in [0.5, 0.6) is 0 Å². The second-order valence-corrected chi connectivity index (χ2v) is 7.03. The van der Waals surface area contributed by atoms with Crippen LogP contribution in [0.25, 0.3) is 21.5 Å². The smallest absolute Gasteiger partial charge is 0.346 e. The van der Waals surface area contributed by atoms with E-state index in [9.17, 15) is 0 Å². The van der Waals surface area contributed by atoms with Crippen molar-refractivity contribution in [1.82, 2.24) is 0 Å². The molecule has 0 aliphatic carbocycles. The Bertz CT molecular complexity index is 770. The summed E-state index contributed by atoms with van der Waals surface area (Å²) >= 11 is 0. The predicted molar refractivity (Wildman–Crippen MR) is 150 cm³/mol. The van der Waals surface area contributed by atoms with E-state index in [4.69, 9.17) is 0 Å². The van der Waals surface area contributed by atoms with Crippen molar-refractivity contribution in [2.45, 2.75) is 60.3 Å². The van der Waals surface area contributed by atoms with Gasteiger partial charge < -0.3 is 6.92 Å². The van der Waals surface area contributed by atoms with Crippen LogP contribution in [0.2, 0.25) is 0 Å². The van der Waals surface area contributed by atoms with Crippen LogP contribution in [0.1, 0.15) is 57.6 Å². The normalized spacial score (nSPS) is 8.44. The zero-order valence-electron chi connectivity index (χ0n) is 20.3. The first kappa shape index (κ1) is 38.6. The monoisotopic (exact) mass is 563 g/mol. The molecule has 0 bridgehead atoms. The van der Waals surface area contributed by atoms with Crippen LogP contribution in [-0.2, 0) is 26.2 Å². The van der Waals surface area contributed by atoms with Crippen LogP contribution in [-0.4, -0.2) is 11.0 Å². The molecule has 0 aromatic heterocycles. The first-order valence-corrected chi connectivity index (χ1v) is 10.6. The summed E-state index contributed by atoms with van der Waals surface area (Å²) in [5.41, 5.74) is 2.70. The molecular weight excluding hydrogens is 527 g/mol. The van der Waals surface area contributed by atoms with Gasteiger partial charge in [-0.1, -0.05) is 65.5 Å². The fraction of sp³-hybridized carbons (Fsp3) is 0.321. The summed E-state index contributed by atoms with van der Waals surface area (Å²) in [6, 6.07) is 25.7. The molecule has 0 heterocycles. The Labute approximate surface area is 233 Å². The average molecular weight is 566 g/mol. The van der Waals surface area contributed by atoms with Crippen LogP contribution in [0, 0.1) is 20.8 Å². The SMILES string of the molecule is CCCCCC.Cc1cc2ccccc2[cH-]1.Cc1cc2ccccc2[cH-]1.Cl.Cl.[CH2-]C.[Si].[Zr+3]. The van der Waals surface area contributed by atoms with E-state index in [1.54, 1.807) is 6.92 Å². The van der Waals surface area contributed by atoms with Gasteiger partial charge in [-0.2, -0.15) is 19.1 Å². The van der Waals surface area contributed by atoms with Gasteiger partial charge in [-0.05, 0) is 0 Å². The number of halogens is 2. The molecule has 0 saturated heterocycles. The van der Waals surface area contributed by atoms with Crippen molar-refractivity contribution in [1.29, 1.82) is 0 Å². The molecule has 4 rings (SSSR count). The quantitative estimate of drug-likeness (QED) is 0.132. The van der Waals surface area contributed by atoms with Crippen LogP contribution < -0.4 is 0 Å². The van der Waals surface area contributed by atoms with E-state index in [1.165, 1.54) is 58.4 Å². The first-order valence-electron chi connectivity index (χ1n) is 10.6. The fourth-order valence-corrected chi connectivity index (χ4v) is 3.11. The van der Waals surface area contributed by atoms with Crippen LogP contribution in [0.4, 0.5) is 0 Å². The minimum atomic E-state index is 0. The number of aryl methyl sites for hydroxylation is 2. The van der Waals surface area contributed by atoms with E-state index >= 15 is 0 Å². The molecular formula is C28H39Cl2SiZr. The molecule has 0 atom stereocenters. The second kappa shape index (κ2) is 23.5. The summed E-state index contributed by atoms with van der Waals surface area (Å²) in [7, 11) is 0. The molecule has 0 saturated carbocycles. The Morgan fingerprint density at radius 1 is 0.656 bits per heavy atom. The van der Waals surface area contributed by atoms with Gasteiger partial charge in [0.2, 0.25) is 0 Å². The van der Waals surface area contributed by atoms with Crippen molar-refractivity contribution in [3.8, 4) is 0 Å². The van der Waals surface area contributed by atoms with Gasteiger partial charge in [0, 0.05) is 11.0 Å². The maximum absolute atomic E-state index is 3.25. The van der Waals surface area contributed by atoms with Gasteiger partial charge in [-0.3, -0.25) is 0 Å². The minimum absolute atomic E-state index is 0. The summed E-state index contributed by atoms with van der Waals surface area (Å²) in [4.78, 5) is 0. The molecule has 32 heavy (non-hydrogen) atoms. The number of rotatable bonds is 3. The van der Waals surface area contributed by atoms with Gasteiger partial charge in [0.15, 0.2) is 0 Å². The van der Waals surface area contributed by atoms with Crippen molar-refractivity contribution < 1.29 is 26.2 Å². The number of hydrogen-bond acceptors (Lipinski definition) is 0. The van der Waals surface area contributed by atoms with Gasteiger partial charge in [0.05, 0.1) is 0 Å². The molecule has 4 aromatic carbocycles. The molecule has 0 unspecified atom stereocenters. The minimum Gasteiger partial charge on any atom is -0.346 e. The van der Waals surface area contributed by atoms with E-state index in [0.29, 0.717) is 0 Å². The van der Waals surface area contributed by atoms with Crippen molar-refractivity contribution >= 4 is 57.3 Å². The van der Waals surface area contributed by atoms with Crippen molar-refractivity contribution in [3.63, 3.8) is 0 Å². The molecule has 0 aliphatic rings. The van der Waals surface area contributed by atoms with Gasteiger partial charge in [-0.25, -0.2) is 0 Å². The molecule has 0 amide bonds. The Hall–Kier alpha value is -0.660. The molecule has 0 spiro atoms. The second-order valence-electron chi connectivity index (χ2n) is 7.03. The summed E-state index contributed by atoms with van der Waals surface area (Å²) in [6.07, 6.45) is 5.54. The summed E-state index contributed by atoms with van der Waals surface area (Å²) in [5, 5.41) is 5.39. The predicted octanol–water partition coefficient (Wildman–Crippen LogP) is 9.62. The largest absolute Gasteiger partial charge is 3.00 e. The number of benzene rings is 2. The zero-order valence-corrected chi connectivity index (χ0v) is 25.4. The van der Waals surface area contributed by atoms with Crippen molar-refractivity contribution in [3.05, 3.63) is 90.8 Å². The topological polar surface area (TPSA) is 0 Å². The first-order chi connectivity index (χ1) is 13.6. The summed E-state index contributed by atoms with van der Waals surface area (Å²) < 4.78 is 0. The molecule has 0 fully saturated rings. The van der Waals surface area contributed by atoms with Crippen molar-refractivity contribution in [2.75, 3.05) is 0 Å². The number of hydrogen-bond donors (Lipinski definition) is 0. The third-order valence-corrected chi connectivity index (χ3v) is 4.48. The fourth-order valence-electron chi connectivity index (χ4n) is 3.11. The maximum atomic E-state index is 3.25. The van der Waals surface area contributed by atoms with Crippen molar-refractivity contribution in [2.24, 2.45) is 0 Å². The summed E-state index contributed by atoms with van der Waals surface area (Å²) in [5.74, 6) is 0. The van der Waals surface area contributed by atoms with Crippen LogP contribution in [0.3, 0.4) is 0 Å². The Balaban J connectivity index is -0.000000172. The van der Waals surface area contributed by atoms with Crippen LogP contribution in [0.15, 0.2) is 72.8 Å². The molecule has 4 aromatic rings. The molecule has 0 nitrogen and oxygen atoms in total. The Morgan fingerprint density at radius 2 is 0.969 bits per heavy atom. The van der Waals surface area contributed by atoms with Gasteiger partial charge in [0.25, 0.3) is 0 Å². The molecule has 173 valence electrons. The molecule has 4 heteroatoms. The Kier molecular flexibility index (Phi) is 28.3. The molecule has 0 aliphatic heterocycles. The third-order valence-electron chi connectivity index (χ3n) is 4.48. The number of unbranched alkanes of at least 4 members (excludes halogenated alkanes) is 3. The standard InChI is InChI=1S/2C10H9.C6H14.C2H5.2ClH.Si.Zr/c2*1-8-6-9-4-2-3-5-10(9)7-8;1-3-5-6-4-2;1-2;;;;/h2*2-7H,1H3;3-6H2,1-2H3;1H2,2H3;2*1H;;/q2*-1;;-1;;;;+3. The van der Waals surface area contributed by atoms with Crippen LogP contribution >= 0.6 is 24.8 Å². The molecule has 0 N–H and O–H groups in total. The van der Waals surface area contributed by atoms with Gasteiger partial charge in [0.1, 0.15) is 0 Å². The van der Waals surface area contributed by atoms with Gasteiger partial charge in [-0.15, -0.1) is 106 Å². The number of fused-ring (bicyclic) bond motifs is 2. The third kappa shape index (κ3) is 14.5. The summed E-state index contributed by atoms with van der Waals surface area (Å²) in [6.45, 7) is 13.7. The van der Waals surface area contributed by atoms with E-state index in [2.05, 4.69) is 107 Å². The van der Waals surface area contributed by atoms with E-state index in [0.717, 1.165) is 0 Å². The van der Waals surface area contributed by atoms with E-state index < -0.39 is 0 Å². The molecule has 5 radical (unpaired) electrons. The average Bonchev–Trinajstić information content (AvgIpc) is 3.29. The maximum Gasteiger partial charge on any atom is 3.00 e.